The Kier molecular flexibility index (Phi) is 4.53. The van der Waals surface area contributed by atoms with Gasteiger partial charge in [-0.25, -0.2) is 4.98 Å². The van der Waals surface area contributed by atoms with Crippen LogP contribution in [0.25, 0.3) is 11.3 Å². The quantitative estimate of drug-likeness (QED) is 0.897. The molecule has 1 heterocycles. The lowest BCUT2D eigenvalue weighted by Crippen LogP contribution is -2.25. The van der Waals surface area contributed by atoms with Crippen molar-refractivity contribution in [3.8, 4) is 11.3 Å². The molecule has 1 unspecified atom stereocenters. The molecular formula is C16H19Cl2N3. The molecule has 0 amide bonds. The minimum atomic E-state index is 0.278. The van der Waals surface area contributed by atoms with Gasteiger partial charge < -0.3 is 10.3 Å². The fraction of sp³-hybridized carbons (Fsp3) is 0.438. The number of imidazole rings is 1. The Hall–Kier alpha value is -1.03. The molecule has 0 bridgehead atoms. The van der Waals surface area contributed by atoms with Gasteiger partial charge in [-0.15, -0.1) is 0 Å². The lowest BCUT2D eigenvalue weighted by Gasteiger charge is -2.25. The molecule has 1 aliphatic carbocycles. The molecule has 1 saturated carbocycles. The van der Waals surface area contributed by atoms with Crippen molar-refractivity contribution < 1.29 is 0 Å². The Morgan fingerprint density at radius 1 is 1.29 bits per heavy atom. The summed E-state index contributed by atoms with van der Waals surface area (Å²) in [6.45, 7) is 0.617. The predicted molar refractivity (Wildman–Crippen MR) is 87.7 cm³/mol. The highest BCUT2D eigenvalue weighted by molar-refractivity contribution is 6.35. The van der Waals surface area contributed by atoms with E-state index >= 15 is 0 Å². The monoisotopic (exact) mass is 323 g/mol. The molecule has 112 valence electrons. The van der Waals surface area contributed by atoms with Crippen LogP contribution in [-0.2, 0) is 0 Å². The van der Waals surface area contributed by atoms with Crippen molar-refractivity contribution in [3.63, 3.8) is 0 Å². The van der Waals surface area contributed by atoms with Gasteiger partial charge in [-0.1, -0.05) is 36.0 Å². The second-order valence-corrected chi connectivity index (χ2v) is 6.50. The second kappa shape index (κ2) is 6.39. The molecular weight excluding hydrogens is 305 g/mol. The molecule has 3 nitrogen and oxygen atoms in total. The van der Waals surface area contributed by atoms with Gasteiger partial charge in [-0.2, -0.15) is 0 Å². The van der Waals surface area contributed by atoms with E-state index in [4.69, 9.17) is 28.9 Å². The van der Waals surface area contributed by atoms with Crippen LogP contribution in [0.4, 0.5) is 0 Å². The average Bonchev–Trinajstić information content (AvgIpc) is 3.14. The maximum Gasteiger partial charge on any atom is 0.0954 e. The van der Waals surface area contributed by atoms with Gasteiger partial charge in [0.2, 0.25) is 0 Å². The Balaban J connectivity index is 2.01. The van der Waals surface area contributed by atoms with E-state index in [1.807, 2.05) is 24.7 Å². The topological polar surface area (TPSA) is 43.8 Å². The molecule has 0 saturated heterocycles. The molecule has 1 aromatic heterocycles. The average molecular weight is 324 g/mol. The molecule has 1 aliphatic rings. The number of nitrogens with two attached hydrogens (primary N) is 1. The molecule has 5 heteroatoms. The van der Waals surface area contributed by atoms with Gasteiger partial charge >= 0.3 is 0 Å². The van der Waals surface area contributed by atoms with Crippen LogP contribution in [0.5, 0.6) is 0 Å². The van der Waals surface area contributed by atoms with E-state index in [-0.39, 0.29) is 6.04 Å². The highest BCUT2D eigenvalue weighted by Crippen LogP contribution is 2.37. The third-order valence-electron chi connectivity index (χ3n) is 4.41. The van der Waals surface area contributed by atoms with Gasteiger partial charge in [-0.05, 0) is 37.0 Å². The fourth-order valence-corrected chi connectivity index (χ4v) is 3.73. The van der Waals surface area contributed by atoms with E-state index < -0.39 is 0 Å². The Bertz CT molecular complexity index is 618. The molecule has 21 heavy (non-hydrogen) atoms. The van der Waals surface area contributed by atoms with Gasteiger partial charge in [-0.3, -0.25) is 0 Å². The van der Waals surface area contributed by atoms with Crippen molar-refractivity contribution in [1.29, 1.82) is 0 Å². The van der Waals surface area contributed by atoms with Crippen molar-refractivity contribution in [3.05, 3.63) is 40.8 Å². The number of rotatable bonds is 4. The SMILES string of the molecule is NCC(C1CCCC1)n1cncc1-c1cc(Cl)ccc1Cl. The van der Waals surface area contributed by atoms with Gasteiger partial charge in [0.25, 0.3) is 0 Å². The van der Waals surface area contributed by atoms with Gasteiger partial charge in [0.05, 0.1) is 29.3 Å². The lowest BCUT2D eigenvalue weighted by molar-refractivity contribution is 0.344. The van der Waals surface area contributed by atoms with Crippen molar-refractivity contribution in [1.82, 2.24) is 9.55 Å². The molecule has 3 rings (SSSR count). The Labute approximate surface area is 135 Å². The minimum Gasteiger partial charge on any atom is -0.328 e. The highest BCUT2D eigenvalue weighted by Gasteiger charge is 2.27. The molecule has 2 aromatic rings. The standard InChI is InChI=1S/C16H19Cl2N3/c17-12-5-6-14(18)13(7-12)16-9-20-10-21(16)15(8-19)11-3-1-2-4-11/h5-7,9-11,15H,1-4,8,19H2. The number of hydrogen-bond donors (Lipinski definition) is 1. The maximum atomic E-state index is 6.34. The van der Waals surface area contributed by atoms with E-state index in [1.165, 1.54) is 25.7 Å². The van der Waals surface area contributed by atoms with Crippen LogP contribution in [0.1, 0.15) is 31.7 Å². The molecule has 1 atom stereocenters. The number of nitrogens with zero attached hydrogens (tertiary/aromatic N) is 2. The summed E-state index contributed by atoms with van der Waals surface area (Å²) in [6, 6.07) is 5.79. The van der Waals surface area contributed by atoms with Crippen LogP contribution >= 0.6 is 23.2 Å². The van der Waals surface area contributed by atoms with E-state index in [9.17, 15) is 0 Å². The first-order chi connectivity index (χ1) is 10.2. The molecule has 1 fully saturated rings. The zero-order valence-corrected chi connectivity index (χ0v) is 13.3. The van der Waals surface area contributed by atoms with E-state index in [1.54, 1.807) is 6.07 Å². The van der Waals surface area contributed by atoms with Crippen LogP contribution in [0.2, 0.25) is 10.0 Å². The van der Waals surface area contributed by atoms with Crippen LogP contribution in [-0.4, -0.2) is 16.1 Å². The zero-order chi connectivity index (χ0) is 14.8. The van der Waals surface area contributed by atoms with Crippen LogP contribution in [0.15, 0.2) is 30.7 Å². The number of benzene rings is 1. The smallest absolute Gasteiger partial charge is 0.0954 e. The summed E-state index contributed by atoms with van der Waals surface area (Å²) < 4.78 is 2.17. The van der Waals surface area contributed by atoms with Gasteiger partial charge in [0.15, 0.2) is 0 Å². The number of aromatic nitrogens is 2. The van der Waals surface area contributed by atoms with Crippen molar-refractivity contribution in [2.75, 3.05) is 6.54 Å². The minimum absolute atomic E-state index is 0.278. The summed E-state index contributed by atoms with van der Waals surface area (Å²) in [6.07, 6.45) is 8.77. The lowest BCUT2D eigenvalue weighted by atomic mass is 9.97. The van der Waals surface area contributed by atoms with Crippen molar-refractivity contribution >= 4 is 23.2 Å². The van der Waals surface area contributed by atoms with Gasteiger partial charge in [0, 0.05) is 17.1 Å². The summed E-state index contributed by atoms with van der Waals surface area (Å²) >= 11 is 12.4. The first-order valence-corrected chi connectivity index (χ1v) is 8.13. The third kappa shape index (κ3) is 2.96. The summed E-state index contributed by atoms with van der Waals surface area (Å²) in [4.78, 5) is 4.32. The zero-order valence-electron chi connectivity index (χ0n) is 11.8. The first kappa shape index (κ1) is 14.9. The fourth-order valence-electron chi connectivity index (χ4n) is 3.35. The van der Waals surface area contributed by atoms with Crippen molar-refractivity contribution in [2.45, 2.75) is 31.7 Å². The number of halogens is 2. The Morgan fingerprint density at radius 3 is 2.76 bits per heavy atom. The van der Waals surface area contributed by atoms with E-state index in [2.05, 4.69) is 9.55 Å². The Morgan fingerprint density at radius 2 is 2.05 bits per heavy atom. The summed E-state index contributed by atoms with van der Waals surface area (Å²) in [7, 11) is 0. The molecule has 0 spiro atoms. The van der Waals surface area contributed by atoms with Crippen LogP contribution < -0.4 is 5.73 Å². The van der Waals surface area contributed by atoms with E-state index in [0.717, 1.165) is 11.3 Å². The van der Waals surface area contributed by atoms with E-state index in [0.29, 0.717) is 22.5 Å². The molecule has 1 aromatic carbocycles. The largest absolute Gasteiger partial charge is 0.328 e. The summed E-state index contributed by atoms with van der Waals surface area (Å²) in [5.74, 6) is 0.626. The first-order valence-electron chi connectivity index (χ1n) is 7.38. The summed E-state index contributed by atoms with van der Waals surface area (Å²) in [5.41, 5.74) is 7.96. The molecule has 0 radical (unpaired) electrons. The van der Waals surface area contributed by atoms with Crippen molar-refractivity contribution in [2.24, 2.45) is 11.7 Å². The van der Waals surface area contributed by atoms with Gasteiger partial charge in [0.1, 0.15) is 0 Å². The summed E-state index contributed by atoms with van der Waals surface area (Å²) in [5, 5.41) is 1.36. The second-order valence-electron chi connectivity index (χ2n) is 5.66. The highest BCUT2D eigenvalue weighted by atomic mass is 35.5. The number of hydrogen-bond acceptors (Lipinski definition) is 2. The van der Waals surface area contributed by atoms with Crippen LogP contribution in [0, 0.1) is 5.92 Å². The van der Waals surface area contributed by atoms with Crippen LogP contribution in [0.3, 0.4) is 0 Å². The maximum absolute atomic E-state index is 6.34. The third-order valence-corrected chi connectivity index (χ3v) is 4.98. The molecule has 0 aliphatic heterocycles. The predicted octanol–water partition coefficient (Wildman–Crippen LogP) is 4.55. The normalized spacial score (nSPS) is 17.3. The molecule has 2 N–H and O–H groups in total.